The van der Waals surface area contributed by atoms with Crippen LogP contribution in [0, 0.1) is 0 Å². The van der Waals surface area contributed by atoms with E-state index in [1.165, 1.54) is 43.0 Å². The Morgan fingerprint density at radius 2 is 1.81 bits per heavy atom. The van der Waals surface area contributed by atoms with Crippen LogP contribution in [0.1, 0.15) is 16.1 Å². The number of rotatable bonds is 5. The SMILES string of the molecule is CNc1ccc(-n2ncc(C(=O)Nc3cnc(-n4nccn4)c(Cl)c3)c2C(F)(F)F)cn1. The number of amides is 1. The first-order chi connectivity index (χ1) is 15.3. The molecule has 0 saturated heterocycles. The number of alkyl halides is 3. The van der Waals surface area contributed by atoms with Crippen LogP contribution in [0.4, 0.5) is 24.7 Å². The third kappa shape index (κ3) is 4.09. The van der Waals surface area contributed by atoms with E-state index in [2.05, 4.69) is 35.9 Å². The van der Waals surface area contributed by atoms with Gasteiger partial charge in [0.05, 0.1) is 52.9 Å². The minimum atomic E-state index is -4.86. The highest BCUT2D eigenvalue weighted by Gasteiger charge is 2.40. The molecule has 0 unspecified atom stereocenters. The maximum atomic E-state index is 13.8. The minimum Gasteiger partial charge on any atom is -0.373 e. The molecule has 0 atom stereocenters. The molecule has 0 spiro atoms. The topological polar surface area (TPSA) is 115 Å². The largest absolute Gasteiger partial charge is 0.434 e. The Hall–Kier alpha value is -4.00. The van der Waals surface area contributed by atoms with Crippen molar-refractivity contribution in [3.05, 3.63) is 65.5 Å². The van der Waals surface area contributed by atoms with Crippen LogP contribution in [0.25, 0.3) is 11.5 Å². The van der Waals surface area contributed by atoms with Crippen molar-refractivity contribution in [1.29, 1.82) is 0 Å². The Morgan fingerprint density at radius 3 is 2.41 bits per heavy atom. The first kappa shape index (κ1) is 21.2. The van der Waals surface area contributed by atoms with Gasteiger partial charge in [0.2, 0.25) is 0 Å². The van der Waals surface area contributed by atoms with Gasteiger partial charge in [0.1, 0.15) is 5.82 Å². The fourth-order valence-electron chi connectivity index (χ4n) is 2.81. The average Bonchev–Trinajstić information content (AvgIpc) is 3.44. The van der Waals surface area contributed by atoms with Crippen molar-refractivity contribution >= 4 is 29.0 Å². The van der Waals surface area contributed by atoms with Crippen molar-refractivity contribution in [1.82, 2.24) is 34.7 Å². The molecule has 2 N–H and O–H groups in total. The van der Waals surface area contributed by atoms with Crippen LogP contribution in [0.5, 0.6) is 0 Å². The molecule has 0 aliphatic rings. The number of hydrogen-bond donors (Lipinski definition) is 2. The lowest BCUT2D eigenvalue weighted by Crippen LogP contribution is -2.21. The van der Waals surface area contributed by atoms with Crippen LogP contribution in [0.2, 0.25) is 5.02 Å². The Morgan fingerprint density at radius 1 is 1.06 bits per heavy atom. The molecule has 1 amide bonds. The number of carbonyl (C=O) groups is 1. The molecule has 0 radical (unpaired) electrons. The molecule has 14 heteroatoms. The molecule has 0 aliphatic heterocycles. The Balaban J connectivity index is 1.65. The number of hydrogen-bond acceptors (Lipinski definition) is 7. The van der Waals surface area contributed by atoms with Gasteiger partial charge in [-0.1, -0.05) is 11.6 Å². The molecule has 4 aromatic rings. The van der Waals surface area contributed by atoms with Crippen molar-refractivity contribution in [3.8, 4) is 11.5 Å². The van der Waals surface area contributed by atoms with Crippen molar-refractivity contribution < 1.29 is 18.0 Å². The van der Waals surface area contributed by atoms with Gasteiger partial charge in [0.25, 0.3) is 5.91 Å². The van der Waals surface area contributed by atoms with Crippen molar-refractivity contribution in [3.63, 3.8) is 0 Å². The van der Waals surface area contributed by atoms with Gasteiger partial charge in [0, 0.05) is 7.05 Å². The Bertz CT molecular complexity index is 1250. The molecular formula is C18H13ClF3N9O. The van der Waals surface area contributed by atoms with E-state index >= 15 is 0 Å². The van der Waals surface area contributed by atoms with Crippen LogP contribution < -0.4 is 10.6 Å². The summed E-state index contributed by atoms with van der Waals surface area (Å²) in [6.45, 7) is 0. The second kappa shape index (κ2) is 8.26. The summed E-state index contributed by atoms with van der Waals surface area (Å²) in [7, 11) is 1.62. The number of anilines is 2. The van der Waals surface area contributed by atoms with E-state index < -0.39 is 23.3 Å². The van der Waals surface area contributed by atoms with Crippen LogP contribution in [-0.4, -0.2) is 47.7 Å². The van der Waals surface area contributed by atoms with Gasteiger partial charge < -0.3 is 10.6 Å². The minimum absolute atomic E-state index is 0.0381. The van der Waals surface area contributed by atoms with Gasteiger partial charge in [-0.15, -0.1) is 4.80 Å². The number of halogens is 4. The molecule has 164 valence electrons. The van der Waals surface area contributed by atoms with E-state index in [1.54, 1.807) is 7.05 Å². The monoisotopic (exact) mass is 463 g/mol. The molecule has 4 heterocycles. The number of aromatic nitrogens is 7. The summed E-state index contributed by atoms with van der Waals surface area (Å²) in [5.74, 6) is -0.382. The van der Waals surface area contributed by atoms with Gasteiger partial charge in [-0.05, 0) is 18.2 Å². The number of pyridine rings is 2. The lowest BCUT2D eigenvalue weighted by atomic mass is 10.2. The van der Waals surface area contributed by atoms with Crippen LogP contribution >= 0.6 is 11.6 Å². The second-order valence-corrected chi connectivity index (χ2v) is 6.68. The highest BCUT2D eigenvalue weighted by Crippen LogP contribution is 2.34. The first-order valence-corrected chi connectivity index (χ1v) is 9.28. The summed E-state index contributed by atoms with van der Waals surface area (Å²) in [4.78, 5) is 21.8. The van der Waals surface area contributed by atoms with Gasteiger partial charge >= 0.3 is 6.18 Å². The van der Waals surface area contributed by atoms with E-state index in [0.717, 1.165) is 11.0 Å². The lowest BCUT2D eigenvalue weighted by molar-refractivity contribution is -0.143. The molecular weight excluding hydrogens is 451 g/mol. The average molecular weight is 464 g/mol. The molecule has 0 fully saturated rings. The van der Waals surface area contributed by atoms with Crippen LogP contribution in [0.15, 0.2) is 49.2 Å². The first-order valence-electron chi connectivity index (χ1n) is 8.91. The summed E-state index contributed by atoms with van der Waals surface area (Å²) in [6.07, 6.45) is 1.25. The third-order valence-electron chi connectivity index (χ3n) is 4.22. The van der Waals surface area contributed by atoms with Gasteiger partial charge in [-0.2, -0.15) is 28.5 Å². The zero-order valence-corrected chi connectivity index (χ0v) is 16.9. The van der Waals surface area contributed by atoms with Crippen LogP contribution in [0.3, 0.4) is 0 Å². The van der Waals surface area contributed by atoms with Crippen molar-refractivity contribution in [2.75, 3.05) is 17.7 Å². The predicted octanol–water partition coefficient (Wildman–Crippen LogP) is 3.21. The van der Waals surface area contributed by atoms with E-state index in [0.29, 0.717) is 10.5 Å². The van der Waals surface area contributed by atoms with E-state index in [4.69, 9.17) is 11.6 Å². The van der Waals surface area contributed by atoms with Crippen LogP contribution in [-0.2, 0) is 6.18 Å². The van der Waals surface area contributed by atoms with E-state index in [1.807, 2.05) is 0 Å². The molecule has 32 heavy (non-hydrogen) atoms. The molecule has 10 nitrogen and oxygen atoms in total. The van der Waals surface area contributed by atoms with E-state index in [9.17, 15) is 18.0 Å². The summed E-state index contributed by atoms with van der Waals surface area (Å²) in [5.41, 5.74) is -1.80. The number of nitrogens with zero attached hydrogens (tertiary/aromatic N) is 7. The standard InChI is InChI=1S/C18H13ClF3N9O/c1-23-14-3-2-11(8-24-14)30-15(18(20,21)22)12(9-28-30)17(32)29-10-6-13(19)16(25-7-10)31-26-4-5-27-31/h2-9H,1H3,(H,23,24)(H,29,32). The molecule has 0 aromatic carbocycles. The third-order valence-corrected chi connectivity index (χ3v) is 4.50. The molecule has 4 rings (SSSR count). The zero-order chi connectivity index (χ0) is 22.9. The summed E-state index contributed by atoms with van der Waals surface area (Å²) >= 11 is 6.14. The molecule has 0 saturated carbocycles. The Labute approximate surface area is 183 Å². The number of carbonyl (C=O) groups excluding carboxylic acids is 1. The van der Waals surface area contributed by atoms with Gasteiger partial charge in [-0.3, -0.25) is 4.79 Å². The fourth-order valence-corrected chi connectivity index (χ4v) is 3.05. The van der Waals surface area contributed by atoms with Crippen molar-refractivity contribution in [2.24, 2.45) is 0 Å². The molecule has 0 bridgehead atoms. The highest BCUT2D eigenvalue weighted by atomic mass is 35.5. The van der Waals surface area contributed by atoms with E-state index in [-0.39, 0.29) is 22.2 Å². The highest BCUT2D eigenvalue weighted by molar-refractivity contribution is 6.32. The normalized spacial score (nSPS) is 11.4. The lowest BCUT2D eigenvalue weighted by Gasteiger charge is -2.13. The summed E-state index contributed by atoms with van der Waals surface area (Å²) in [6, 6.07) is 4.21. The van der Waals surface area contributed by atoms with Gasteiger partial charge in [-0.25, -0.2) is 14.6 Å². The predicted molar refractivity (Wildman–Crippen MR) is 108 cm³/mol. The fraction of sp³-hybridized carbons (Fsp3) is 0.111. The molecule has 4 aromatic heterocycles. The Kier molecular flexibility index (Phi) is 5.48. The quantitative estimate of drug-likeness (QED) is 0.467. The smallest absolute Gasteiger partial charge is 0.373 e. The summed E-state index contributed by atoms with van der Waals surface area (Å²) < 4.78 is 42.1. The van der Waals surface area contributed by atoms with Crippen molar-refractivity contribution in [2.45, 2.75) is 6.18 Å². The van der Waals surface area contributed by atoms with Gasteiger partial charge in [0.15, 0.2) is 11.5 Å². The zero-order valence-electron chi connectivity index (χ0n) is 16.2. The second-order valence-electron chi connectivity index (χ2n) is 6.27. The maximum Gasteiger partial charge on any atom is 0.434 e. The molecule has 0 aliphatic carbocycles. The number of nitrogens with one attached hydrogen (secondary N) is 2. The summed E-state index contributed by atoms with van der Waals surface area (Å²) in [5, 5.41) is 16.7. The maximum absolute atomic E-state index is 13.8.